The van der Waals surface area contributed by atoms with Gasteiger partial charge < -0.3 is 19.5 Å². The molecular formula is C29H31F3N6O4S. The Kier molecular flexibility index (Phi) is 9.50. The highest BCUT2D eigenvalue weighted by Gasteiger charge is 2.34. The molecule has 0 aliphatic rings. The molecule has 1 aromatic carbocycles. The lowest BCUT2D eigenvalue weighted by molar-refractivity contribution is -0.140. The van der Waals surface area contributed by atoms with Gasteiger partial charge in [0.1, 0.15) is 16.4 Å². The Labute approximate surface area is 249 Å². The van der Waals surface area contributed by atoms with Crippen LogP contribution in [0.15, 0.2) is 46.8 Å². The van der Waals surface area contributed by atoms with E-state index < -0.39 is 29.3 Å². The van der Waals surface area contributed by atoms with Crippen molar-refractivity contribution in [2.75, 3.05) is 39.1 Å². The number of urea groups is 1. The number of rotatable bonds is 9. The van der Waals surface area contributed by atoms with Gasteiger partial charge in [0.2, 0.25) is 5.43 Å². The summed E-state index contributed by atoms with van der Waals surface area (Å²) < 4.78 is 47.3. The third-order valence-electron chi connectivity index (χ3n) is 6.45. The molecular weight excluding hydrogens is 585 g/mol. The molecule has 228 valence electrons. The number of likely N-dealkylation sites (N-methyl/N-ethyl adjacent to an activating group) is 1. The van der Waals surface area contributed by atoms with E-state index in [1.54, 1.807) is 32.0 Å². The van der Waals surface area contributed by atoms with Crippen LogP contribution < -0.4 is 16.1 Å². The van der Waals surface area contributed by atoms with Crippen molar-refractivity contribution in [3.63, 3.8) is 0 Å². The zero-order valence-electron chi connectivity index (χ0n) is 24.2. The Bertz CT molecular complexity index is 1720. The van der Waals surface area contributed by atoms with Crippen molar-refractivity contribution < 1.29 is 27.5 Å². The van der Waals surface area contributed by atoms with Crippen molar-refractivity contribution in [2.24, 2.45) is 0 Å². The summed E-state index contributed by atoms with van der Waals surface area (Å²) in [5, 5.41) is 6.30. The Morgan fingerprint density at radius 2 is 1.91 bits per heavy atom. The van der Waals surface area contributed by atoms with Crippen LogP contribution in [0.1, 0.15) is 42.9 Å². The number of carbonyl (C=O) groups excluding carboxylic acids is 2. The summed E-state index contributed by atoms with van der Waals surface area (Å²) in [7, 11) is 3.82. The molecule has 0 aliphatic carbocycles. The molecule has 0 spiro atoms. The Hall–Kier alpha value is -4.30. The van der Waals surface area contributed by atoms with Crippen molar-refractivity contribution >= 4 is 40.1 Å². The topological polar surface area (TPSA) is 118 Å². The minimum atomic E-state index is -4.65. The summed E-state index contributed by atoms with van der Waals surface area (Å²) >= 11 is 0.788. The maximum atomic E-state index is 13.6. The number of benzene rings is 1. The van der Waals surface area contributed by atoms with Crippen LogP contribution in [0.4, 0.5) is 23.8 Å². The predicted molar refractivity (Wildman–Crippen MR) is 159 cm³/mol. The standard InChI is InChI=1S/C29H31F3N6O4S/c1-6-33-28(41)36-24-11-18(26-35-23(15-43-26)29(30,31)32)20(12-34-24)17-8-9-22-19(10-17)25(39)21(27(40)42-7-2)14-38(22)16(3)13-37(4)5/h8-12,14-16H,6-7,13H2,1-5H3,(H2,33,34,36,41). The molecule has 2 N–H and O–H groups in total. The van der Waals surface area contributed by atoms with Gasteiger partial charge in [-0.05, 0) is 58.6 Å². The number of thiazole rings is 1. The quantitative estimate of drug-likeness (QED) is 0.234. The van der Waals surface area contributed by atoms with Crippen LogP contribution in [0.5, 0.6) is 0 Å². The van der Waals surface area contributed by atoms with E-state index in [1.165, 1.54) is 18.5 Å². The van der Waals surface area contributed by atoms with Gasteiger partial charge in [0.25, 0.3) is 0 Å². The predicted octanol–water partition coefficient (Wildman–Crippen LogP) is 5.65. The van der Waals surface area contributed by atoms with E-state index in [2.05, 4.69) is 20.6 Å². The van der Waals surface area contributed by atoms with E-state index in [1.807, 2.05) is 30.5 Å². The van der Waals surface area contributed by atoms with Crippen LogP contribution >= 0.6 is 11.3 Å². The van der Waals surface area contributed by atoms with Crippen molar-refractivity contribution in [1.29, 1.82) is 0 Å². The first-order valence-electron chi connectivity index (χ1n) is 13.4. The maximum Gasteiger partial charge on any atom is 0.434 e. The highest BCUT2D eigenvalue weighted by molar-refractivity contribution is 7.13. The third kappa shape index (κ3) is 7.03. The molecule has 3 heterocycles. The van der Waals surface area contributed by atoms with Crippen molar-refractivity contribution in [3.8, 4) is 21.7 Å². The lowest BCUT2D eigenvalue weighted by Gasteiger charge is -2.23. The second-order valence-corrected chi connectivity index (χ2v) is 10.8. The number of anilines is 1. The molecule has 0 saturated carbocycles. The highest BCUT2D eigenvalue weighted by Crippen LogP contribution is 2.39. The van der Waals surface area contributed by atoms with E-state index in [4.69, 9.17) is 4.74 Å². The van der Waals surface area contributed by atoms with E-state index in [0.29, 0.717) is 29.7 Å². The number of amides is 2. The number of fused-ring (bicyclic) bond motifs is 1. The van der Waals surface area contributed by atoms with Gasteiger partial charge >= 0.3 is 18.2 Å². The van der Waals surface area contributed by atoms with E-state index in [9.17, 15) is 27.6 Å². The van der Waals surface area contributed by atoms with Gasteiger partial charge in [0, 0.05) is 53.4 Å². The number of halogens is 3. The first-order chi connectivity index (χ1) is 20.3. The molecule has 14 heteroatoms. The minimum Gasteiger partial charge on any atom is -0.462 e. The maximum absolute atomic E-state index is 13.6. The Balaban J connectivity index is 1.94. The molecule has 3 aromatic heterocycles. The van der Waals surface area contributed by atoms with Crippen LogP contribution in [-0.2, 0) is 10.9 Å². The number of nitrogens with one attached hydrogen (secondary N) is 2. The summed E-state index contributed by atoms with van der Waals surface area (Å²) in [6.45, 7) is 6.39. The average Bonchev–Trinajstić information content (AvgIpc) is 3.44. The molecule has 0 bridgehead atoms. The fourth-order valence-electron chi connectivity index (χ4n) is 4.64. The Morgan fingerprint density at radius 1 is 1.16 bits per heavy atom. The van der Waals surface area contributed by atoms with Gasteiger partial charge in [-0.2, -0.15) is 13.2 Å². The van der Waals surface area contributed by atoms with Crippen LogP contribution in [-0.4, -0.2) is 65.2 Å². The number of nitrogens with zero attached hydrogens (tertiary/aromatic N) is 4. The Morgan fingerprint density at radius 3 is 2.53 bits per heavy atom. The molecule has 1 unspecified atom stereocenters. The number of hydrogen-bond donors (Lipinski definition) is 2. The van der Waals surface area contributed by atoms with E-state index in [0.717, 1.165) is 16.7 Å². The first kappa shape index (κ1) is 31.6. The zero-order chi connectivity index (χ0) is 31.5. The minimum absolute atomic E-state index is 0.0427. The highest BCUT2D eigenvalue weighted by atomic mass is 32.1. The molecule has 0 saturated heterocycles. The summed E-state index contributed by atoms with van der Waals surface area (Å²) in [6.07, 6.45) is -1.75. The van der Waals surface area contributed by atoms with Crippen LogP contribution in [0.2, 0.25) is 0 Å². The summed E-state index contributed by atoms with van der Waals surface area (Å²) in [5.74, 6) is -0.657. The number of pyridine rings is 2. The van der Waals surface area contributed by atoms with Crippen LogP contribution in [0, 0.1) is 0 Å². The van der Waals surface area contributed by atoms with Crippen molar-refractivity contribution in [3.05, 3.63) is 63.5 Å². The van der Waals surface area contributed by atoms with Crippen LogP contribution in [0.3, 0.4) is 0 Å². The number of hydrogen-bond acceptors (Lipinski definition) is 8. The SMILES string of the molecule is CCNC(=O)Nc1cc(-c2nc(C(F)(F)F)cs2)c(-c2ccc3c(c2)c(=O)c(C(=O)OCC)cn3C(C)CN(C)C)cn1. The molecule has 0 fully saturated rings. The fourth-order valence-corrected chi connectivity index (χ4v) is 5.49. The second-order valence-electron chi connectivity index (χ2n) is 9.98. The molecule has 1 atom stereocenters. The van der Waals surface area contributed by atoms with Gasteiger partial charge in [0.15, 0.2) is 5.69 Å². The molecule has 43 heavy (non-hydrogen) atoms. The molecule has 2 amide bonds. The van der Waals surface area contributed by atoms with Crippen LogP contribution in [0.25, 0.3) is 32.6 Å². The molecule has 4 rings (SSSR count). The van der Waals surface area contributed by atoms with E-state index in [-0.39, 0.29) is 40.0 Å². The van der Waals surface area contributed by atoms with Crippen molar-refractivity contribution in [1.82, 2.24) is 24.8 Å². The monoisotopic (exact) mass is 616 g/mol. The molecule has 0 radical (unpaired) electrons. The van der Waals surface area contributed by atoms with Gasteiger partial charge in [0.05, 0.1) is 12.1 Å². The summed E-state index contributed by atoms with van der Waals surface area (Å²) in [4.78, 5) is 48.6. The van der Waals surface area contributed by atoms with Gasteiger partial charge in [-0.3, -0.25) is 10.1 Å². The molecule has 0 aliphatic heterocycles. The normalized spacial score (nSPS) is 12.4. The lowest BCUT2D eigenvalue weighted by Crippen LogP contribution is -2.28. The van der Waals surface area contributed by atoms with E-state index >= 15 is 0 Å². The number of esters is 1. The third-order valence-corrected chi connectivity index (χ3v) is 7.33. The second kappa shape index (κ2) is 12.9. The van der Waals surface area contributed by atoms with Gasteiger partial charge in [-0.25, -0.2) is 19.6 Å². The fraction of sp³-hybridized carbons (Fsp3) is 0.345. The summed E-state index contributed by atoms with van der Waals surface area (Å²) in [6, 6.07) is 5.79. The van der Waals surface area contributed by atoms with Gasteiger partial charge in [-0.15, -0.1) is 11.3 Å². The lowest BCUT2D eigenvalue weighted by atomic mass is 9.99. The van der Waals surface area contributed by atoms with Crippen molar-refractivity contribution in [2.45, 2.75) is 33.0 Å². The number of carbonyl (C=O) groups is 2. The molecule has 10 nitrogen and oxygen atoms in total. The first-order valence-corrected chi connectivity index (χ1v) is 14.3. The smallest absolute Gasteiger partial charge is 0.434 e. The van der Waals surface area contributed by atoms with Gasteiger partial charge in [-0.1, -0.05) is 6.07 Å². The number of alkyl halides is 3. The molecule has 4 aromatic rings. The summed E-state index contributed by atoms with van der Waals surface area (Å²) in [5.41, 5.74) is -0.0662. The zero-order valence-corrected chi connectivity index (χ0v) is 25.0. The number of aromatic nitrogens is 3. The number of ether oxygens (including phenoxy) is 1. The largest absolute Gasteiger partial charge is 0.462 e. The average molecular weight is 617 g/mol.